The van der Waals surface area contributed by atoms with Gasteiger partial charge in [0.25, 0.3) is 0 Å². The van der Waals surface area contributed by atoms with E-state index >= 15 is 0 Å². The maximum Gasteiger partial charge on any atom is 0.0211 e. The zero-order valence-electron chi connectivity index (χ0n) is 16.3. The minimum Gasteiger partial charge on any atom is -0.313 e. The Labute approximate surface area is 167 Å². The topological polar surface area (TPSA) is 24.1 Å². The molecule has 0 unspecified atom stereocenters. The van der Waals surface area contributed by atoms with Crippen LogP contribution in [0.25, 0.3) is 21.5 Å². The van der Waals surface area contributed by atoms with Crippen molar-refractivity contribution in [2.45, 2.75) is 25.9 Å². The van der Waals surface area contributed by atoms with Crippen LogP contribution in [0.5, 0.6) is 0 Å². The van der Waals surface area contributed by atoms with E-state index in [0.717, 1.165) is 26.2 Å². The molecule has 2 N–H and O–H groups in total. The summed E-state index contributed by atoms with van der Waals surface area (Å²) in [6.45, 7) is 3.98. The van der Waals surface area contributed by atoms with E-state index in [-0.39, 0.29) is 0 Å². The average molecular weight is 369 g/mol. The second kappa shape index (κ2) is 9.50. The lowest BCUT2D eigenvalue weighted by Gasteiger charge is -2.10. The quantitative estimate of drug-likeness (QED) is 0.373. The molecule has 0 atom stereocenters. The summed E-state index contributed by atoms with van der Waals surface area (Å²) in [4.78, 5) is 0. The average Bonchev–Trinajstić information content (AvgIpc) is 2.76. The van der Waals surface area contributed by atoms with Gasteiger partial charge in [0.15, 0.2) is 0 Å². The number of hydrogen-bond acceptors (Lipinski definition) is 2. The normalized spacial score (nSPS) is 11.3. The van der Waals surface area contributed by atoms with E-state index in [9.17, 15) is 0 Å². The van der Waals surface area contributed by atoms with E-state index in [1.807, 2.05) is 0 Å². The van der Waals surface area contributed by atoms with Gasteiger partial charge in [0.05, 0.1) is 0 Å². The molecule has 142 valence electrons. The van der Waals surface area contributed by atoms with Gasteiger partial charge in [-0.05, 0) is 58.6 Å². The van der Waals surface area contributed by atoms with Crippen molar-refractivity contribution in [1.29, 1.82) is 0 Å². The molecular formula is C26H28N2. The molecule has 0 heterocycles. The van der Waals surface area contributed by atoms with Crippen LogP contribution < -0.4 is 10.6 Å². The van der Waals surface area contributed by atoms with Crippen LogP contribution in [0.3, 0.4) is 0 Å². The molecule has 4 aromatic rings. The minimum atomic E-state index is 0.935. The fraction of sp³-hybridized carbons (Fsp3) is 0.231. The van der Waals surface area contributed by atoms with Gasteiger partial charge in [-0.15, -0.1) is 0 Å². The molecule has 0 aliphatic heterocycles. The van der Waals surface area contributed by atoms with Crippen molar-refractivity contribution >= 4 is 21.5 Å². The lowest BCUT2D eigenvalue weighted by molar-refractivity contribution is 0.584. The Kier molecular flexibility index (Phi) is 6.33. The predicted molar refractivity (Wildman–Crippen MR) is 121 cm³/mol. The predicted octanol–water partition coefficient (Wildman–Crippen LogP) is 5.65. The molecule has 2 nitrogen and oxygen atoms in total. The number of rotatable bonds is 9. The lowest BCUT2D eigenvalue weighted by atomic mass is 10.0. The van der Waals surface area contributed by atoms with E-state index in [4.69, 9.17) is 0 Å². The number of benzene rings is 4. The Morgan fingerprint density at radius 1 is 0.464 bits per heavy atom. The van der Waals surface area contributed by atoms with Crippen molar-refractivity contribution in [2.75, 3.05) is 13.1 Å². The second-order valence-electron chi connectivity index (χ2n) is 7.34. The summed E-state index contributed by atoms with van der Waals surface area (Å²) in [5.74, 6) is 0. The summed E-state index contributed by atoms with van der Waals surface area (Å²) in [5.41, 5.74) is 2.76. The van der Waals surface area contributed by atoms with Crippen LogP contribution in [-0.2, 0) is 13.1 Å². The molecule has 0 fully saturated rings. The van der Waals surface area contributed by atoms with Gasteiger partial charge < -0.3 is 10.6 Å². The Hall–Kier alpha value is -2.68. The largest absolute Gasteiger partial charge is 0.313 e. The Bertz CT molecular complexity index is 943. The fourth-order valence-corrected chi connectivity index (χ4v) is 3.84. The van der Waals surface area contributed by atoms with Gasteiger partial charge >= 0.3 is 0 Å². The monoisotopic (exact) mass is 368 g/mol. The summed E-state index contributed by atoms with van der Waals surface area (Å²) in [6.07, 6.45) is 2.38. The molecular weight excluding hydrogens is 340 g/mol. The molecule has 0 spiro atoms. The van der Waals surface area contributed by atoms with Crippen LogP contribution in [0.2, 0.25) is 0 Å². The minimum absolute atomic E-state index is 0.935. The molecule has 0 saturated heterocycles. The molecule has 2 heteroatoms. The van der Waals surface area contributed by atoms with Crippen molar-refractivity contribution in [3.8, 4) is 0 Å². The van der Waals surface area contributed by atoms with E-state index in [2.05, 4.69) is 95.6 Å². The number of hydrogen-bond donors (Lipinski definition) is 2. The van der Waals surface area contributed by atoms with Crippen LogP contribution in [0.15, 0.2) is 84.9 Å². The van der Waals surface area contributed by atoms with Crippen LogP contribution in [0.1, 0.15) is 24.0 Å². The molecule has 4 aromatic carbocycles. The lowest BCUT2D eigenvalue weighted by Crippen LogP contribution is -2.18. The molecule has 0 aliphatic rings. The van der Waals surface area contributed by atoms with Crippen molar-refractivity contribution < 1.29 is 0 Å². The fourth-order valence-electron chi connectivity index (χ4n) is 3.84. The van der Waals surface area contributed by atoms with Gasteiger partial charge in [-0.1, -0.05) is 84.9 Å². The summed E-state index contributed by atoms with van der Waals surface area (Å²) >= 11 is 0. The first-order valence-corrected chi connectivity index (χ1v) is 10.3. The van der Waals surface area contributed by atoms with Crippen LogP contribution >= 0.6 is 0 Å². The summed E-state index contributed by atoms with van der Waals surface area (Å²) < 4.78 is 0. The highest BCUT2D eigenvalue weighted by molar-refractivity contribution is 5.86. The third kappa shape index (κ3) is 4.59. The zero-order chi connectivity index (χ0) is 19.0. The smallest absolute Gasteiger partial charge is 0.0211 e. The van der Waals surface area contributed by atoms with E-state index < -0.39 is 0 Å². The maximum atomic E-state index is 3.60. The standard InChI is InChI=1S/C26H28N2/c1-3-15-25-21(9-1)11-7-13-23(25)19-27-17-5-6-18-28-20-24-14-8-12-22-10-2-4-16-26(22)24/h1-4,7-16,27-28H,5-6,17-20H2. The zero-order valence-corrected chi connectivity index (χ0v) is 16.3. The van der Waals surface area contributed by atoms with Gasteiger partial charge in [0, 0.05) is 13.1 Å². The third-order valence-electron chi connectivity index (χ3n) is 5.35. The molecule has 0 amide bonds. The van der Waals surface area contributed by atoms with Crippen molar-refractivity contribution in [3.63, 3.8) is 0 Å². The second-order valence-corrected chi connectivity index (χ2v) is 7.34. The van der Waals surface area contributed by atoms with Crippen molar-refractivity contribution in [1.82, 2.24) is 10.6 Å². The highest BCUT2D eigenvalue weighted by Gasteiger charge is 2.01. The van der Waals surface area contributed by atoms with Crippen molar-refractivity contribution in [2.24, 2.45) is 0 Å². The van der Waals surface area contributed by atoms with Gasteiger partial charge in [-0.2, -0.15) is 0 Å². The molecule has 28 heavy (non-hydrogen) atoms. The Balaban J connectivity index is 1.16. The molecule has 0 bridgehead atoms. The third-order valence-corrected chi connectivity index (χ3v) is 5.35. The van der Waals surface area contributed by atoms with E-state index in [1.54, 1.807) is 0 Å². The molecule has 0 aliphatic carbocycles. The first-order chi connectivity index (χ1) is 13.9. The highest BCUT2D eigenvalue weighted by atomic mass is 14.9. The molecule has 0 saturated carbocycles. The number of fused-ring (bicyclic) bond motifs is 2. The highest BCUT2D eigenvalue weighted by Crippen LogP contribution is 2.19. The van der Waals surface area contributed by atoms with Crippen LogP contribution in [0, 0.1) is 0 Å². The Morgan fingerprint density at radius 2 is 0.893 bits per heavy atom. The van der Waals surface area contributed by atoms with Crippen LogP contribution in [0.4, 0.5) is 0 Å². The molecule has 0 radical (unpaired) electrons. The van der Waals surface area contributed by atoms with E-state index in [1.165, 1.54) is 45.5 Å². The number of nitrogens with one attached hydrogen (secondary N) is 2. The van der Waals surface area contributed by atoms with Gasteiger partial charge in [-0.3, -0.25) is 0 Å². The number of unbranched alkanes of at least 4 members (excludes halogenated alkanes) is 1. The maximum absolute atomic E-state index is 3.60. The summed E-state index contributed by atoms with van der Waals surface area (Å²) in [6, 6.07) is 30.3. The first kappa shape index (κ1) is 18.7. The van der Waals surface area contributed by atoms with Gasteiger partial charge in [-0.25, -0.2) is 0 Å². The summed E-state index contributed by atoms with van der Waals surface area (Å²) in [7, 11) is 0. The summed E-state index contributed by atoms with van der Waals surface area (Å²) in [5, 5.41) is 12.5. The first-order valence-electron chi connectivity index (χ1n) is 10.3. The SMILES string of the molecule is c1ccc2c(CNCCCCNCc3cccc4ccccc34)cccc2c1. The van der Waals surface area contributed by atoms with Crippen LogP contribution in [-0.4, -0.2) is 13.1 Å². The molecule has 4 rings (SSSR count). The molecule has 0 aromatic heterocycles. The van der Waals surface area contributed by atoms with E-state index in [0.29, 0.717) is 0 Å². The van der Waals surface area contributed by atoms with Gasteiger partial charge in [0.2, 0.25) is 0 Å². The van der Waals surface area contributed by atoms with Crippen molar-refractivity contribution in [3.05, 3.63) is 96.1 Å². The van der Waals surface area contributed by atoms with Gasteiger partial charge in [0.1, 0.15) is 0 Å². The Morgan fingerprint density at radius 3 is 1.39 bits per heavy atom.